The SMILES string of the molecule is COc1ccc(C(=O)c2ccc(N3CCN([C@@H]4CC(=O)NC4=O)CC3)cc2)cc1F. The molecule has 1 N–H and O–H groups in total. The maximum Gasteiger partial charge on any atom is 0.244 e. The summed E-state index contributed by atoms with van der Waals surface area (Å²) >= 11 is 0. The van der Waals surface area contributed by atoms with Gasteiger partial charge in [0, 0.05) is 43.0 Å². The first-order valence-electron chi connectivity index (χ1n) is 9.77. The van der Waals surface area contributed by atoms with Crippen LogP contribution in [0.3, 0.4) is 0 Å². The molecule has 156 valence electrons. The number of carbonyl (C=O) groups excluding carboxylic acids is 3. The maximum atomic E-state index is 13.9. The lowest BCUT2D eigenvalue weighted by Gasteiger charge is -2.38. The predicted octanol–water partition coefficient (Wildman–Crippen LogP) is 1.60. The molecule has 2 saturated heterocycles. The van der Waals surface area contributed by atoms with Gasteiger partial charge in [0.15, 0.2) is 17.3 Å². The largest absolute Gasteiger partial charge is 0.494 e. The molecule has 1 atom stereocenters. The molecule has 2 heterocycles. The average Bonchev–Trinajstić information content (AvgIpc) is 3.11. The maximum absolute atomic E-state index is 13.9. The lowest BCUT2D eigenvalue weighted by atomic mass is 10.0. The fraction of sp³-hybridized carbons (Fsp3) is 0.318. The third kappa shape index (κ3) is 3.91. The van der Waals surface area contributed by atoms with Gasteiger partial charge in [-0.1, -0.05) is 0 Å². The van der Waals surface area contributed by atoms with Gasteiger partial charge in [0.1, 0.15) is 0 Å². The summed E-state index contributed by atoms with van der Waals surface area (Å²) in [5.74, 6) is -1.17. The van der Waals surface area contributed by atoms with Crippen LogP contribution in [0.1, 0.15) is 22.3 Å². The number of ether oxygens (including phenoxy) is 1. The molecule has 4 rings (SSSR count). The Morgan fingerprint density at radius 3 is 2.27 bits per heavy atom. The Morgan fingerprint density at radius 2 is 1.70 bits per heavy atom. The van der Waals surface area contributed by atoms with E-state index in [1.165, 1.54) is 19.2 Å². The van der Waals surface area contributed by atoms with Crippen LogP contribution < -0.4 is 15.0 Å². The summed E-state index contributed by atoms with van der Waals surface area (Å²) < 4.78 is 18.8. The van der Waals surface area contributed by atoms with Gasteiger partial charge in [-0.25, -0.2) is 4.39 Å². The van der Waals surface area contributed by atoms with Crippen molar-refractivity contribution in [2.24, 2.45) is 0 Å². The average molecular weight is 411 g/mol. The number of rotatable bonds is 5. The number of nitrogens with one attached hydrogen (secondary N) is 1. The second-order valence-electron chi connectivity index (χ2n) is 7.38. The molecule has 30 heavy (non-hydrogen) atoms. The van der Waals surface area contributed by atoms with Gasteiger partial charge < -0.3 is 9.64 Å². The highest BCUT2D eigenvalue weighted by Gasteiger charge is 2.36. The molecule has 0 unspecified atom stereocenters. The third-order valence-corrected chi connectivity index (χ3v) is 5.61. The summed E-state index contributed by atoms with van der Waals surface area (Å²) in [6.45, 7) is 2.79. The quantitative estimate of drug-likeness (QED) is 0.595. The summed E-state index contributed by atoms with van der Waals surface area (Å²) in [4.78, 5) is 40.1. The first-order valence-corrected chi connectivity index (χ1v) is 9.77. The molecule has 0 spiro atoms. The van der Waals surface area contributed by atoms with E-state index in [0.717, 1.165) is 18.8 Å². The van der Waals surface area contributed by atoms with E-state index in [0.29, 0.717) is 18.7 Å². The minimum Gasteiger partial charge on any atom is -0.494 e. The van der Waals surface area contributed by atoms with E-state index in [-0.39, 0.29) is 41.4 Å². The standard InChI is InChI=1S/C22H22FN3O4/c1-30-19-7-4-15(12-17(19)23)21(28)14-2-5-16(6-3-14)25-8-10-26(11-9-25)18-13-20(27)24-22(18)29/h2-7,12,18H,8-11,13H2,1H3,(H,24,27,29)/t18-/m1/s1. The van der Waals surface area contributed by atoms with Crippen LogP contribution in [-0.2, 0) is 9.59 Å². The Kier molecular flexibility index (Phi) is 5.50. The number of carbonyl (C=O) groups is 3. The number of nitrogens with zero attached hydrogens (tertiary/aromatic N) is 2. The van der Waals surface area contributed by atoms with Crippen LogP contribution in [0.5, 0.6) is 5.75 Å². The number of benzene rings is 2. The van der Waals surface area contributed by atoms with Crippen molar-refractivity contribution in [1.29, 1.82) is 0 Å². The van der Waals surface area contributed by atoms with Crippen molar-refractivity contribution in [3.8, 4) is 5.75 Å². The second kappa shape index (κ2) is 8.23. The molecule has 2 aliphatic rings. The number of hydrogen-bond acceptors (Lipinski definition) is 6. The highest BCUT2D eigenvalue weighted by atomic mass is 19.1. The van der Waals surface area contributed by atoms with Crippen LogP contribution in [0.15, 0.2) is 42.5 Å². The number of anilines is 1. The van der Waals surface area contributed by atoms with E-state index in [4.69, 9.17) is 4.74 Å². The molecule has 2 aliphatic heterocycles. The van der Waals surface area contributed by atoms with Crippen LogP contribution in [0.4, 0.5) is 10.1 Å². The van der Waals surface area contributed by atoms with Crippen molar-refractivity contribution < 1.29 is 23.5 Å². The minimum absolute atomic E-state index is 0.0977. The molecule has 0 radical (unpaired) electrons. The van der Waals surface area contributed by atoms with Gasteiger partial charge in [0.25, 0.3) is 0 Å². The minimum atomic E-state index is -0.574. The van der Waals surface area contributed by atoms with E-state index < -0.39 is 5.82 Å². The first kappa shape index (κ1) is 20.0. The van der Waals surface area contributed by atoms with Crippen LogP contribution in [0, 0.1) is 5.82 Å². The highest BCUT2D eigenvalue weighted by Crippen LogP contribution is 2.23. The number of hydrogen-bond donors (Lipinski definition) is 1. The van der Waals surface area contributed by atoms with Crippen molar-refractivity contribution in [2.45, 2.75) is 12.5 Å². The monoisotopic (exact) mass is 411 g/mol. The van der Waals surface area contributed by atoms with Crippen molar-refractivity contribution in [3.63, 3.8) is 0 Å². The normalized spacial score (nSPS) is 19.7. The zero-order valence-electron chi connectivity index (χ0n) is 16.6. The van der Waals surface area contributed by atoms with Crippen LogP contribution in [0.25, 0.3) is 0 Å². The summed E-state index contributed by atoms with van der Waals surface area (Å²) in [6, 6.07) is 11.0. The van der Waals surface area contributed by atoms with Crippen molar-refractivity contribution in [2.75, 3.05) is 38.2 Å². The van der Waals surface area contributed by atoms with Gasteiger partial charge in [0.2, 0.25) is 11.8 Å². The van der Waals surface area contributed by atoms with Crippen LogP contribution in [0.2, 0.25) is 0 Å². The van der Waals surface area contributed by atoms with Gasteiger partial charge in [0.05, 0.1) is 19.6 Å². The lowest BCUT2D eigenvalue weighted by Crippen LogP contribution is -2.52. The molecule has 0 aromatic heterocycles. The smallest absolute Gasteiger partial charge is 0.244 e. The predicted molar refractivity (Wildman–Crippen MR) is 108 cm³/mol. The Hall–Kier alpha value is -3.26. The van der Waals surface area contributed by atoms with Crippen LogP contribution in [-0.4, -0.2) is 61.8 Å². The van der Waals surface area contributed by atoms with Crippen molar-refractivity contribution >= 4 is 23.3 Å². The molecule has 8 heteroatoms. The van der Waals surface area contributed by atoms with Crippen LogP contribution >= 0.6 is 0 Å². The summed E-state index contributed by atoms with van der Waals surface area (Å²) in [7, 11) is 1.38. The fourth-order valence-corrected chi connectivity index (χ4v) is 3.92. The van der Waals surface area contributed by atoms with E-state index in [9.17, 15) is 18.8 Å². The molecule has 0 aliphatic carbocycles. The molecular weight excluding hydrogens is 389 g/mol. The molecule has 2 fully saturated rings. The van der Waals surface area contributed by atoms with E-state index in [1.54, 1.807) is 18.2 Å². The second-order valence-corrected chi connectivity index (χ2v) is 7.38. The van der Waals surface area contributed by atoms with E-state index in [2.05, 4.69) is 10.2 Å². The van der Waals surface area contributed by atoms with E-state index >= 15 is 0 Å². The fourth-order valence-electron chi connectivity index (χ4n) is 3.92. The van der Waals surface area contributed by atoms with Gasteiger partial charge in [-0.3, -0.25) is 24.6 Å². The highest BCUT2D eigenvalue weighted by molar-refractivity contribution is 6.09. The Bertz CT molecular complexity index is 984. The number of ketones is 1. The molecule has 7 nitrogen and oxygen atoms in total. The van der Waals surface area contributed by atoms with Gasteiger partial charge >= 0.3 is 0 Å². The van der Waals surface area contributed by atoms with Crippen molar-refractivity contribution in [1.82, 2.24) is 10.2 Å². The number of amides is 2. The summed E-state index contributed by atoms with van der Waals surface area (Å²) in [5.41, 5.74) is 1.71. The molecular formula is C22H22FN3O4. The van der Waals surface area contributed by atoms with E-state index in [1.807, 2.05) is 17.0 Å². The van der Waals surface area contributed by atoms with Gasteiger partial charge in [-0.15, -0.1) is 0 Å². The number of piperazine rings is 1. The Labute approximate surface area is 173 Å². The summed E-state index contributed by atoms with van der Waals surface area (Å²) in [5, 5.41) is 2.35. The topological polar surface area (TPSA) is 79.0 Å². The molecule has 0 bridgehead atoms. The number of halogens is 1. The summed E-state index contributed by atoms with van der Waals surface area (Å²) in [6.07, 6.45) is 0.224. The zero-order chi connectivity index (χ0) is 21.3. The Balaban J connectivity index is 1.39. The molecule has 2 aromatic carbocycles. The third-order valence-electron chi connectivity index (χ3n) is 5.61. The lowest BCUT2D eigenvalue weighted by molar-refractivity contribution is -0.126. The zero-order valence-corrected chi connectivity index (χ0v) is 16.6. The number of methoxy groups -OCH3 is 1. The van der Waals surface area contributed by atoms with Gasteiger partial charge in [-0.2, -0.15) is 0 Å². The molecule has 2 amide bonds. The van der Waals surface area contributed by atoms with Gasteiger partial charge in [-0.05, 0) is 42.5 Å². The first-order chi connectivity index (χ1) is 14.5. The Morgan fingerprint density at radius 1 is 1.03 bits per heavy atom. The molecule has 0 saturated carbocycles. The molecule has 2 aromatic rings. The van der Waals surface area contributed by atoms with Crippen molar-refractivity contribution in [3.05, 3.63) is 59.4 Å². The number of imide groups is 1.